The number of methoxy groups -OCH3 is 1. The van der Waals surface area contributed by atoms with Gasteiger partial charge in [-0.3, -0.25) is 4.79 Å². The van der Waals surface area contributed by atoms with Gasteiger partial charge in [0.25, 0.3) is 0 Å². The van der Waals surface area contributed by atoms with E-state index in [-0.39, 0.29) is 24.9 Å². The third-order valence-corrected chi connectivity index (χ3v) is 3.45. The van der Waals surface area contributed by atoms with Crippen LogP contribution >= 0.6 is 0 Å². The van der Waals surface area contributed by atoms with Crippen LogP contribution in [0.4, 0.5) is 10.1 Å². The number of hydrogen-bond donors (Lipinski definition) is 1. The lowest BCUT2D eigenvalue weighted by molar-refractivity contribution is -0.116. The molecule has 8 heteroatoms. The zero-order chi connectivity index (χ0) is 18.4. The quantitative estimate of drug-likeness (QED) is 0.704. The van der Waals surface area contributed by atoms with E-state index in [4.69, 9.17) is 9.47 Å². The minimum Gasteiger partial charge on any atom is -0.497 e. The van der Waals surface area contributed by atoms with Crippen molar-refractivity contribution in [2.24, 2.45) is 0 Å². The molecule has 1 amide bonds. The highest BCUT2D eigenvalue weighted by atomic mass is 19.1. The van der Waals surface area contributed by atoms with Gasteiger partial charge in [0.1, 0.15) is 36.2 Å². The molecule has 1 N–H and O–H groups in total. The molecule has 0 aliphatic rings. The number of rotatable bonds is 7. The fraction of sp³-hybridized carbons (Fsp3) is 0.167. The van der Waals surface area contributed by atoms with Crippen LogP contribution in [0.3, 0.4) is 0 Å². The average molecular weight is 356 g/mol. The molecule has 0 radical (unpaired) electrons. The molecule has 0 aliphatic carbocycles. The van der Waals surface area contributed by atoms with Crippen molar-refractivity contribution in [3.63, 3.8) is 0 Å². The maximum absolute atomic E-state index is 13.1. The largest absolute Gasteiger partial charge is 0.497 e. The Kier molecular flexibility index (Phi) is 5.43. The number of ether oxygens (including phenoxy) is 2. The van der Waals surface area contributed by atoms with E-state index >= 15 is 0 Å². The lowest BCUT2D eigenvalue weighted by atomic mass is 10.3. The van der Waals surface area contributed by atoms with Crippen LogP contribution < -0.4 is 14.8 Å². The Bertz CT molecular complexity index is 880. The van der Waals surface area contributed by atoms with Gasteiger partial charge in [-0.15, -0.1) is 5.10 Å². The molecule has 0 fully saturated rings. The van der Waals surface area contributed by atoms with Crippen molar-refractivity contribution in [2.75, 3.05) is 12.4 Å². The molecule has 7 nitrogen and oxygen atoms in total. The molecule has 1 heterocycles. The Hall–Kier alpha value is -3.42. The summed E-state index contributed by atoms with van der Waals surface area (Å²) in [4.78, 5) is 12.1. The average Bonchev–Trinajstić information content (AvgIpc) is 3.08. The van der Waals surface area contributed by atoms with Crippen molar-refractivity contribution in [1.29, 1.82) is 0 Å². The van der Waals surface area contributed by atoms with E-state index in [1.807, 2.05) is 0 Å². The first-order valence-corrected chi connectivity index (χ1v) is 7.83. The summed E-state index contributed by atoms with van der Waals surface area (Å²) in [5, 5.41) is 10.6. The van der Waals surface area contributed by atoms with Gasteiger partial charge in [0.05, 0.1) is 13.3 Å². The number of halogens is 1. The molecule has 0 bridgehead atoms. The smallest absolute Gasteiger partial charge is 0.246 e. The number of aromatic nitrogens is 3. The van der Waals surface area contributed by atoms with Crippen LogP contribution in [0, 0.1) is 5.82 Å². The summed E-state index contributed by atoms with van der Waals surface area (Å²) < 4.78 is 25.0. The Morgan fingerprint density at radius 1 is 1.19 bits per heavy atom. The van der Waals surface area contributed by atoms with Gasteiger partial charge in [-0.1, -0.05) is 11.3 Å². The Balaban J connectivity index is 1.51. The molecule has 1 aromatic heterocycles. The molecule has 3 aromatic rings. The van der Waals surface area contributed by atoms with Gasteiger partial charge < -0.3 is 14.8 Å². The molecule has 0 aliphatic heterocycles. The maximum Gasteiger partial charge on any atom is 0.246 e. The summed E-state index contributed by atoms with van der Waals surface area (Å²) in [6.45, 7) is 0.141. The molecule has 0 atom stereocenters. The van der Waals surface area contributed by atoms with E-state index < -0.39 is 0 Å². The minimum absolute atomic E-state index is 0.0129. The summed E-state index contributed by atoms with van der Waals surface area (Å²) in [6, 6.07) is 12.8. The van der Waals surface area contributed by atoms with Gasteiger partial charge in [0.15, 0.2) is 0 Å². The monoisotopic (exact) mass is 356 g/mol. The van der Waals surface area contributed by atoms with E-state index in [0.29, 0.717) is 22.9 Å². The molecule has 26 heavy (non-hydrogen) atoms. The predicted molar refractivity (Wildman–Crippen MR) is 92.4 cm³/mol. The summed E-state index contributed by atoms with van der Waals surface area (Å²) in [5.41, 5.74) is 1.19. The van der Waals surface area contributed by atoms with Gasteiger partial charge in [-0.25, -0.2) is 9.07 Å². The highest BCUT2D eigenvalue weighted by molar-refractivity contribution is 5.90. The highest BCUT2D eigenvalue weighted by Gasteiger charge is 2.08. The molecule has 2 aromatic carbocycles. The second-order valence-corrected chi connectivity index (χ2v) is 5.43. The number of benzene rings is 2. The van der Waals surface area contributed by atoms with Gasteiger partial charge in [-0.05, 0) is 36.4 Å². The second kappa shape index (κ2) is 8.11. The zero-order valence-corrected chi connectivity index (χ0v) is 14.1. The molecular formula is C18H17FN4O3. The van der Waals surface area contributed by atoms with Crippen LogP contribution in [0.25, 0.3) is 0 Å². The number of nitrogens with one attached hydrogen (secondary N) is 1. The lowest BCUT2D eigenvalue weighted by Crippen LogP contribution is -2.19. The molecule has 0 saturated carbocycles. The van der Waals surface area contributed by atoms with Gasteiger partial charge in [0, 0.05) is 11.8 Å². The fourth-order valence-corrected chi connectivity index (χ4v) is 2.22. The van der Waals surface area contributed by atoms with Crippen LogP contribution in [0.2, 0.25) is 0 Å². The summed E-state index contributed by atoms with van der Waals surface area (Å²) >= 11 is 0. The standard InChI is InChI=1S/C18H17FN4O3/c1-25-16-7-5-14(6-8-16)20-18(24)11-23-10-15(21-22-23)12-26-17-4-2-3-13(19)9-17/h2-10H,11-12H2,1H3,(H,20,24). The summed E-state index contributed by atoms with van der Waals surface area (Å²) in [6.07, 6.45) is 1.60. The Labute approximate surface area is 149 Å². The van der Waals surface area contributed by atoms with E-state index in [0.717, 1.165) is 0 Å². The summed E-state index contributed by atoms with van der Waals surface area (Å²) in [7, 11) is 1.58. The fourth-order valence-electron chi connectivity index (χ4n) is 2.22. The summed E-state index contributed by atoms with van der Waals surface area (Å²) in [5.74, 6) is 0.498. The number of carbonyl (C=O) groups excluding carboxylic acids is 1. The van der Waals surface area contributed by atoms with Crippen molar-refractivity contribution in [1.82, 2.24) is 15.0 Å². The number of hydrogen-bond acceptors (Lipinski definition) is 5. The molecule has 3 rings (SSSR count). The number of carbonyl (C=O) groups is 1. The van der Waals surface area contributed by atoms with E-state index in [9.17, 15) is 9.18 Å². The van der Waals surface area contributed by atoms with Crippen molar-refractivity contribution in [2.45, 2.75) is 13.2 Å². The molecule has 0 saturated heterocycles. The van der Waals surface area contributed by atoms with Crippen LogP contribution in [-0.2, 0) is 17.9 Å². The molecule has 0 unspecified atom stereocenters. The van der Waals surface area contributed by atoms with E-state index in [1.54, 1.807) is 49.7 Å². The third kappa shape index (κ3) is 4.79. The molecular weight excluding hydrogens is 339 g/mol. The first kappa shape index (κ1) is 17.4. The van der Waals surface area contributed by atoms with Crippen molar-refractivity contribution in [3.05, 3.63) is 66.2 Å². The van der Waals surface area contributed by atoms with E-state index in [1.165, 1.54) is 16.8 Å². The van der Waals surface area contributed by atoms with Crippen LogP contribution in [-0.4, -0.2) is 28.0 Å². The van der Waals surface area contributed by atoms with Crippen molar-refractivity contribution < 1.29 is 18.7 Å². The van der Waals surface area contributed by atoms with Crippen molar-refractivity contribution >= 4 is 11.6 Å². The molecule has 0 spiro atoms. The Morgan fingerprint density at radius 3 is 2.73 bits per heavy atom. The van der Waals surface area contributed by atoms with Crippen molar-refractivity contribution in [3.8, 4) is 11.5 Å². The van der Waals surface area contributed by atoms with Crippen LogP contribution in [0.5, 0.6) is 11.5 Å². The number of anilines is 1. The lowest BCUT2D eigenvalue weighted by Gasteiger charge is -2.06. The number of amides is 1. The second-order valence-electron chi connectivity index (χ2n) is 5.43. The van der Waals surface area contributed by atoms with Crippen LogP contribution in [0.15, 0.2) is 54.7 Å². The highest BCUT2D eigenvalue weighted by Crippen LogP contribution is 2.15. The van der Waals surface area contributed by atoms with E-state index in [2.05, 4.69) is 15.6 Å². The van der Waals surface area contributed by atoms with Gasteiger partial charge in [-0.2, -0.15) is 0 Å². The Morgan fingerprint density at radius 2 is 2.00 bits per heavy atom. The van der Waals surface area contributed by atoms with Gasteiger partial charge in [0.2, 0.25) is 5.91 Å². The third-order valence-electron chi connectivity index (χ3n) is 3.45. The van der Waals surface area contributed by atoms with Crippen LogP contribution in [0.1, 0.15) is 5.69 Å². The molecule has 134 valence electrons. The maximum atomic E-state index is 13.1. The van der Waals surface area contributed by atoms with Gasteiger partial charge >= 0.3 is 0 Å². The first-order valence-electron chi connectivity index (χ1n) is 7.83. The normalized spacial score (nSPS) is 10.4. The topological polar surface area (TPSA) is 78.3 Å². The minimum atomic E-state index is -0.374. The zero-order valence-electron chi connectivity index (χ0n) is 14.1. The predicted octanol–water partition coefficient (Wildman–Crippen LogP) is 2.64. The first-order chi connectivity index (χ1) is 12.6. The number of nitrogens with zero attached hydrogens (tertiary/aromatic N) is 3. The SMILES string of the molecule is COc1ccc(NC(=O)Cn2cc(COc3cccc(F)c3)nn2)cc1.